The van der Waals surface area contributed by atoms with E-state index in [0.717, 1.165) is 34.5 Å². The van der Waals surface area contributed by atoms with Crippen molar-refractivity contribution in [3.8, 4) is 0 Å². The molecule has 0 bridgehead atoms. The third kappa shape index (κ3) is 6.37. The van der Waals surface area contributed by atoms with Gasteiger partial charge in [-0.25, -0.2) is 8.42 Å². The predicted octanol–water partition coefficient (Wildman–Crippen LogP) is 4.18. The molecule has 158 valence electrons. The minimum absolute atomic E-state index is 0.206. The van der Waals surface area contributed by atoms with Gasteiger partial charge in [0, 0.05) is 17.2 Å². The van der Waals surface area contributed by atoms with Gasteiger partial charge in [0.1, 0.15) is 6.54 Å². The van der Waals surface area contributed by atoms with E-state index in [1.165, 1.54) is 36.4 Å². The molecular formula is C22H30N2O3S2. The smallest absolute Gasteiger partial charge is 0.240 e. The van der Waals surface area contributed by atoms with Gasteiger partial charge in [0.15, 0.2) is 0 Å². The highest BCUT2D eigenvalue weighted by Crippen LogP contribution is 2.29. The van der Waals surface area contributed by atoms with Gasteiger partial charge in [-0.1, -0.05) is 55.7 Å². The normalized spacial score (nSPS) is 15.3. The van der Waals surface area contributed by atoms with E-state index in [-0.39, 0.29) is 12.5 Å². The molecule has 0 atom stereocenters. The van der Waals surface area contributed by atoms with Crippen LogP contribution >= 0.6 is 11.8 Å². The van der Waals surface area contributed by atoms with Gasteiger partial charge in [-0.05, 0) is 36.5 Å². The van der Waals surface area contributed by atoms with Crippen molar-refractivity contribution in [3.05, 3.63) is 42.5 Å². The summed E-state index contributed by atoms with van der Waals surface area (Å²) in [7, 11) is -3.59. The lowest BCUT2D eigenvalue weighted by molar-refractivity contribution is -0.119. The number of benzene rings is 2. The van der Waals surface area contributed by atoms with Gasteiger partial charge in [-0.3, -0.25) is 9.10 Å². The lowest BCUT2D eigenvalue weighted by Gasteiger charge is -2.23. The lowest BCUT2D eigenvalue weighted by Crippen LogP contribution is -2.40. The van der Waals surface area contributed by atoms with Crippen molar-refractivity contribution in [2.24, 2.45) is 0 Å². The fourth-order valence-corrected chi connectivity index (χ4v) is 5.95. The molecule has 2 aromatic rings. The molecule has 1 N–H and O–H groups in total. The Labute approximate surface area is 178 Å². The summed E-state index contributed by atoms with van der Waals surface area (Å²) in [5.41, 5.74) is 0.536. The van der Waals surface area contributed by atoms with Crippen molar-refractivity contribution in [3.63, 3.8) is 0 Å². The molecule has 2 aromatic carbocycles. The fraction of sp³-hybridized carbons (Fsp3) is 0.500. The average Bonchev–Trinajstić information content (AvgIpc) is 2.71. The van der Waals surface area contributed by atoms with E-state index >= 15 is 0 Å². The first kappa shape index (κ1) is 22.0. The van der Waals surface area contributed by atoms with E-state index in [1.807, 2.05) is 48.2 Å². The Kier molecular flexibility index (Phi) is 7.84. The highest BCUT2D eigenvalue weighted by molar-refractivity contribution is 7.99. The zero-order chi connectivity index (χ0) is 20.7. The van der Waals surface area contributed by atoms with E-state index < -0.39 is 10.0 Å². The number of rotatable bonds is 9. The number of amides is 1. The molecule has 1 fully saturated rings. The van der Waals surface area contributed by atoms with Crippen LogP contribution in [0.5, 0.6) is 0 Å². The number of thioether (sulfide) groups is 1. The van der Waals surface area contributed by atoms with Crippen LogP contribution < -0.4 is 9.62 Å². The van der Waals surface area contributed by atoms with Crippen LogP contribution in [0.1, 0.15) is 38.5 Å². The number of carbonyl (C=O) groups excluding carboxylic acids is 1. The molecule has 0 aliphatic heterocycles. The Bertz CT molecular complexity index is 919. The van der Waals surface area contributed by atoms with Crippen LogP contribution in [0.15, 0.2) is 42.5 Å². The van der Waals surface area contributed by atoms with Gasteiger partial charge in [-0.2, -0.15) is 11.8 Å². The van der Waals surface area contributed by atoms with Crippen LogP contribution in [0, 0.1) is 0 Å². The highest BCUT2D eigenvalue weighted by atomic mass is 32.2. The van der Waals surface area contributed by atoms with E-state index in [4.69, 9.17) is 0 Å². The first-order chi connectivity index (χ1) is 13.9. The zero-order valence-electron chi connectivity index (χ0n) is 17.0. The highest BCUT2D eigenvalue weighted by Gasteiger charge is 2.22. The van der Waals surface area contributed by atoms with Crippen LogP contribution in [0.2, 0.25) is 0 Å². The number of fused-ring (bicyclic) bond motifs is 1. The number of nitrogens with one attached hydrogen (secondary N) is 1. The monoisotopic (exact) mass is 434 g/mol. The Hall–Kier alpha value is -1.73. The Morgan fingerprint density at radius 3 is 2.59 bits per heavy atom. The number of hydrogen-bond acceptors (Lipinski definition) is 4. The average molecular weight is 435 g/mol. The Morgan fingerprint density at radius 2 is 1.83 bits per heavy atom. The SMILES string of the molecule is CS(=O)(=O)N(CC(=O)NCCCSC1CCCCC1)c1cccc2ccccc12. The van der Waals surface area contributed by atoms with E-state index in [2.05, 4.69) is 5.32 Å². The van der Waals surface area contributed by atoms with Gasteiger partial charge < -0.3 is 5.32 Å². The van der Waals surface area contributed by atoms with Gasteiger partial charge in [0.2, 0.25) is 15.9 Å². The summed E-state index contributed by atoms with van der Waals surface area (Å²) in [6.45, 7) is 0.369. The maximum Gasteiger partial charge on any atom is 0.240 e. The molecule has 0 saturated heterocycles. The predicted molar refractivity (Wildman–Crippen MR) is 123 cm³/mol. The van der Waals surface area contributed by atoms with Crippen molar-refractivity contribution in [2.75, 3.05) is 29.4 Å². The van der Waals surface area contributed by atoms with Crippen molar-refractivity contribution in [1.82, 2.24) is 5.32 Å². The third-order valence-corrected chi connectivity index (χ3v) is 7.87. The summed E-state index contributed by atoms with van der Waals surface area (Å²) in [6.07, 6.45) is 8.70. The molecule has 0 aromatic heterocycles. The second-order valence-electron chi connectivity index (χ2n) is 7.60. The molecule has 3 rings (SSSR count). The summed E-state index contributed by atoms with van der Waals surface area (Å²) in [5, 5.41) is 5.41. The largest absolute Gasteiger partial charge is 0.354 e. The molecule has 0 heterocycles. The number of nitrogens with zero attached hydrogens (tertiary/aromatic N) is 1. The summed E-state index contributed by atoms with van der Waals surface area (Å²) >= 11 is 2.01. The van der Waals surface area contributed by atoms with Crippen molar-refractivity contribution in [2.45, 2.75) is 43.8 Å². The topological polar surface area (TPSA) is 66.5 Å². The molecular weight excluding hydrogens is 404 g/mol. The number of sulfonamides is 1. The molecule has 0 spiro atoms. The number of carbonyl (C=O) groups is 1. The van der Waals surface area contributed by atoms with Crippen molar-refractivity contribution >= 4 is 44.2 Å². The van der Waals surface area contributed by atoms with Crippen LogP contribution in [0.4, 0.5) is 5.69 Å². The maximum absolute atomic E-state index is 12.5. The Balaban J connectivity index is 1.55. The molecule has 1 amide bonds. The van der Waals surface area contributed by atoms with Crippen molar-refractivity contribution < 1.29 is 13.2 Å². The first-order valence-electron chi connectivity index (χ1n) is 10.3. The first-order valence-corrected chi connectivity index (χ1v) is 13.2. The number of anilines is 1. The quantitative estimate of drug-likeness (QED) is 0.601. The standard InChI is InChI=1S/C22H30N2O3S2/c1-29(26,27)24(21-14-7-10-18-9-5-6-13-20(18)21)17-22(25)23-15-8-16-28-19-11-3-2-4-12-19/h5-7,9-10,13-14,19H,2-4,8,11-12,15-17H2,1H3,(H,23,25). The molecule has 0 radical (unpaired) electrons. The minimum Gasteiger partial charge on any atom is -0.354 e. The molecule has 1 aliphatic rings. The fourth-order valence-electron chi connectivity index (χ4n) is 3.77. The third-order valence-electron chi connectivity index (χ3n) is 5.27. The van der Waals surface area contributed by atoms with Crippen LogP contribution in [0.25, 0.3) is 10.8 Å². The number of hydrogen-bond donors (Lipinski definition) is 1. The Morgan fingerprint density at radius 1 is 1.10 bits per heavy atom. The summed E-state index contributed by atoms with van der Waals surface area (Å²) in [6, 6.07) is 13.1. The summed E-state index contributed by atoms with van der Waals surface area (Å²) in [4.78, 5) is 12.5. The van der Waals surface area contributed by atoms with Gasteiger partial charge in [-0.15, -0.1) is 0 Å². The molecule has 29 heavy (non-hydrogen) atoms. The molecule has 5 nitrogen and oxygen atoms in total. The summed E-state index contributed by atoms with van der Waals surface area (Å²) in [5.74, 6) is 0.760. The second kappa shape index (κ2) is 10.3. The summed E-state index contributed by atoms with van der Waals surface area (Å²) < 4.78 is 26.0. The van der Waals surface area contributed by atoms with Crippen LogP contribution in [-0.4, -0.2) is 44.7 Å². The van der Waals surface area contributed by atoms with E-state index in [0.29, 0.717) is 12.2 Å². The van der Waals surface area contributed by atoms with Crippen molar-refractivity contribution in [1.29, 1.82) is 0 Å². The van der Waals surface area contributed by atoms with Gasteiger partial charge in [0.05, 0.1) is 11.9 Å². The minimum atomic E-state index is -3.59. The van der Waals surface area contributed by atoms with E-state index in [9.17, 15) is 13.2 Å². The maximum atomic E-state index is 12.5. The lowest BCUT2D eigenvalue weighted by atomic mass is 10.0. The molecule has 1 saturated carbocycles. The van der Waals surface area contributed by atoms with Gasteiger partial charge in [0.25, 0.3) is 0 Å². The molecule has 7 heteroatoms. The van der Waals surface area contributed by atoms with E-state index in [1.54, 1.807) is 6.07 Å². The molecule has 0 unspecified atom stereocenters. The second-order valence-corrected chi connectivity index (χ2v) is 10.9. The molecule has 1 aliphatic carbocycles. The van der Waals surface area contributed by atoms with Crippen LogP contribution in [0.3, 0.4) is 0 Å². The zero-order valence-corrected chi connectivity index (χ0v) is 18.6. The van der Waals surface area contributed by atoms with Crippen LogP contribution in [-0.2, 0) is 14.8 Å². The van der Waals surface area contributed by atoms with Gasteiger partial charge >= 0.3 is 0 Å².